The number of hydrogen-bond acceptors (Lipinski definition) is 1. The maximum absolute atomic E-state index is 4.18. The number of aryl methyl sites for hydroxylation is 1. The van der Waals surface area contributed by atoms with Crippen LogP contribution >= 0.6 is 0 Å². The zero-order chi connectivity index (χ0) is 8.97. The molecule has 1 nitrogen and oxygen atoms in total. The second-order valence-corrected chi connectivity index (χ2v) is 2.86. The highest BCUT2D eigenvalue weighted by Crippen LogP contribution is 2.06. The van der Waals surface area contributed by atoms with Crippen molar-refractivity contribution in [3.05, 3.63) is 47.8 Å². The van der Waals surface area contributed by atoms with E-state index in [2.05, 4.69) is 11.6 Å². The molecule has 0 spiro atoms. The van der Waals surface area contributed by atoms with E-state index in [9.17, 15) is 0 Å². The van der Waals surface area contributed by atoms with Gasteiger partial charge in [-0.15, -0.1) is 0 Å². The summed E-state index contributed by atoms with van der Waals surface area (Å²) < 4.78 is 0. The zero-order valence-corrected chi connectivity index (χ0v) is 7.54. The van der Waals surface area contributed by atoms with Gasteiger partial charge in [-0.05, 0) is 25.5 Å². The van der Waals surface area contributed by atoms with E-state index in [-0.39, 0.29) is 0 Å². The van der Waals surface area contributed by atoms with Gasteiger partial charge in [0, 0.05) is 11.9 Å². The Morgan fingerprint density at radius 2 is 2.33 bits per heavy atom. The molecule has 1 aromatic rings. The highest BCUT2D eigenvalue weighted by atomic mass is 14.7. The van der Waals surface area contributed by atoms with Crippen LogP contribution in [0.15, 0.2) is 36.6 Å². The van der Waals surface area contributed by atoms with E-state index in [0.29, 0.717) is 0 Å². The van der Waals surface area contributed by atoms with Crippen LogP contribution in [0.2, 0.25) is 0 Å². The van der Waals surface area contributed by atoms with Crippen molar-refractivity contribution in [3.63, 3.8) is 0 Å². The standard InChI is InChI=1S/C11H13N/c1-9(2)6-7-11-5-4-8-12-10(11)3/h4-8H,1H2,2-3H3/b7-6-. The average molecular weight is 159 g/mol. The van der Waals surface area contributed by atoms with Gasteiger partial charge in [-0.25, -0.2) is 0 Å². The van der Waals surface area contributed by atoms with Gasteiger partial charge in [-0.2, -0.15) is 0 Å². The molecule has 0 fully saturated rings. The maximum atomic E-state index is 4.18. The van der Waals surface area contributed by atoms with Gasteiger partial charge in [-0.3, -0.25) is 4.98 Å². The monoisotopic (exact) mass is 159 g/mol. The Kier molecular flexibility index (Phi) is 2.81. The van der Waals surface area contributed by atoms with Crippen LogP contribution in [0.1, 0.15) is 18.2 Å². The number of allylic oxidation sites excluding steroid dienone is 2. The first-order valence-electron chi connectivity index (χ1n) is 3.95. The second-order valence-electron chi connectivity index (χ2n) is 2.86. The number of rotatable bonds is 2. The summed E-state index contributed by atoms with van der Waals surface area (Å²) in [6.45, 7) is 7.77. The molecule has 0 atom stereocenters. The summed E-state index contributed by atoms with van der Waals surface area (Å²) in [6.07, 6.45) is 5.82. The van der Waals surface area contributed by atoms with Crippen molar-refractivity contribution in [2.24, 2.45) is 0 Å². The van der Waals surface area contributed by atoms with E-state index in [1.807, 2.05) is 38.1 Å². The fourth-order valence-electron chi connectivity index (χ4n) is 0.905. The van der Waals surface area contributed by atoms with Crippen molar-refractivity contribution in [2.45, 2.75) is 13.8 Å². The Hall–Kier alpha value is -1.37. The van der Waals surface area contributed by atoms with Gasteiger partial charge in [0.25, 0.3) is 0 Å². The minimum atomic E-state index is 1.05. The van der Waals surface area contributed by atoms with E-state index in [0.717, 1.165) is 16.8 Å². The SMILES string of the molecule is C=C(C)/C=C\c1cccnc1C. The fourth-order valence-corrected chi connectivity index (χ4v) is 0.905. The van der Waals surface area contributed by atoms with Crippen LogP contribution in [-0.2, 0) is 0 Å². The lowest BCUT2D eigenvalue weighted by Crippen LogP contribution is -1.83. The van der Waals surface area contributed by atoms with E-state index in [1.165, 1.54) is 0 Å². The summed E-state index contributed by atoms with van der Waals surface area (Å²) in [5.74, 6) is 0. The van der Waals surface area contributed by atoms with Crippen LogP contribution in [0, 0.1) is 6.92 Å². The number of aromatic nitrogens is 1. The number of pyridine rings is 1. The molecule has 1 rings (SSSR count). The van der Waals surface area contributed by atoms with Crippen LogP contribution in [0.3, 0.4) is 0 Å². The molecule has 1 heterocycles. The van der Waals surface area contributed by atoms with Crippen LogP contribution < -0.4 is 0 Å². The molecule has 0 amide bonds. The minimum absolute atomic E-state index is 1.05. The Labute approximate surface area is 73.5 Å². The maximum Gasteiger partial charge on any atom is 0.0444 e. The molecule has 62 valence electrons. The molecule has 0 aliphatic heterocycles. The lowest BCUT2D eigenvalue weighted by atomic mass is 10.1. The van der Waals surface area contributed by atoms with Gasteiger partial charge in [0.2, 0.25) is 0 Å². The molecular formula is C11H13N. The normalized spacial score (nSPS) is 10.5. The third-order valence-electron chi connectivity index (χ3n) is 1.60. The third-order valence-corrected chi connectivity index (χ3v) is 1.60. The topological polar surface area (TPSA) is 12.9 Å². The zero-order valence-electron chi connectivity index (χ0n) is 7.54. The molecule has 1 heteroatoms. The fraction of sp³-hybridized carbons (Fsp3) is 0.182. The largest absolute Gasteiger partial charge is 0.261 e. The minimum Gasteiger partial charge on any atom is -0.261 e. The molecule has 1 aromatic heterocycles. The molecule has 0 aliphatic rings. The smallest absolute Gasteiger partial charge is 0.0444 e. The molecule has 0 unspecified atom stereocenters. The summed E-state index contributed by atoms with van der Waals surface area (Å²) in [6, 6.07) is 3.98. The highest BCUT2D eigenvalue weighted by Gasteiger charge is 1.90. The summed E-state index contributed by atoms with van der Waals surface area (Å²) >= 11 is 0. The van der Waals surface area contributed by atoms with Crippen molar-refractivity contribution in [2.75, 3.05) is 0 Å². The van der Waals surface area contributed by atoms with E-state index in [4.69, 9.17) is 0 Å². The highest BCUT2D eigenvalue weighted by molar-refractivity contribution is 5.53. The molecule has 0 aliphatic carbocycles. The Morgan fingerprint density at radius 3 is 2.92 bits per heavy atom. The number of hydrogen-bond donors (Lipinski definition) is 0. The first kappa shape index (κ1) is 8.72. The third kappa shape index (κ3) is 2.35. The second kappa shape index (κ2) is 3.86. The van der Waals surface area contributed by atoms with Crippen LogP contribution in [-0.4, -0.2) is 4.98 Å². The Morgan fingerprint density at radius 1 is 1.58 bits per heavy atom. The van der Waals surface area contributed by atoms with Crippen molar-refractivity contribution in [1.82, 2.24) is 4.98 Å². The average Bonchev–Trinajstić information content (AvgIpc) is 2.03. The number of nitrogens with zero attached hydrogens (tertiary/aromatic N) is 1. The molecular weight excluding hydrogens is 146 g/mol. The summed E-state index contributed by atoms with van der Waals surface area (Å²) in [7, 11) is 0. The van der Waals surface area contributed by atoms with Gasteiger partial charge in [-0.1, -0.05) is 30.4 Å². The van der Waals surface area contributed by atoms with Crippen LogP contribution in [0.4, 0.5) is 0 Å². The molecule has 0 aromatic carbocycles. The predicted molar refractivity (Wildman–Crippen MR) is 52.8 cm³/mol. The Bertz CT molecular complexity index is 311. The molecule has 12 heavy (non-hydrogen) atoms. The van der Waals surface area contributed by atoms with Gasteiger partial charge in [0.15, 0.2) is 0 Å². The molecule has 0 saturated carbocycles. The lowest BCUT2D eigenvalue weighted by Gasteiger charge is -1.96. The quantitative estimate of drug-likeness (QED) is 0.604. The van der Waals surface area contributed by atoms with Crippen molar-refractivity contribution >= 4 is 6.08 Å². The van der Waals surface area contributed by atoms with Gasteiger partial charge < -0.3 is 0 Å². The first-order chi connectivity index (χ1) is 5.70. The van der Waals surface area contributed by atoms with Crippen molar-refractivity contribution in [3.8, 4) is 0 Å². The lowest BCUT2D eigenvalue weighted by molar-refractivity contribution is 1.19. The van der Waals surface area contributed by atoms with Crippen molar-refractivity contribution < 1.29 is 0 Å². The van der Waals surface area contributed by atoms with Crippen molar-refractivity contribution in [1.29, 1.82) is 0 Å². The Balaban J connectivity index is 2.89. The molecule has 0 N–H and O–H groups in total. The van der Waals surface area contributed by atoms with Crippen LogP contribution in [0.25, 0.3) is 6.08 Å². The first-order valence-corrected chi connectivity index (χ1v) is 3.95. The summed E-state index contributed by atoms with van der Waals surface area (Å²) in [5, 5.41) is 0. The molecule has 0 bridgehead atoms. The summed E-state index contributed by atoms with van der Waals surface area (Å²) in [4.78, 5) is 4.18. The van der Waals surface area contributed by atoms with Gasteiger partial charge >= 0.3 is 0 Å². The predicted octanol–water partition coefficient (Wildman–Crippen LogP) is 2.98. The van der Waals surface area contributed by atoms with E-state index < -0.39 is 0 Å². The summed E-state index contributed by atoms with van der Waals surface area (Å²) in [5.41, 5.74) is 3.26. The van der Waals surface area contributed by atoms with Gasteiger partial charge in [0.05, 0.1) is 0 Å². The van der Waals surface area contributed by atoms with E-state index in [1.54, 1.807) is 6.20 Å². The molecule has 0 radical (unpaired) electrons. The van der Waals surface area contributed by atoms with E-state index >= 15 is 0 Å². The molecule has 0 saturated heterocycles. The van der Waals surface area contributed by atoms with Gasteiger partial charge in [0.1, 0.15) is 0 Å². The van der Waals surface area contributed by atoms with Crippen LogP contribution in [0.5, 0.6) is 0 Å².